The second-order valence-corrected chi connectivity index (χ2v) is 7.36. The molecule has 0 saturated carbocycles. The molecular weight excluding hydrogens is 422 g/mol. The Morgan fingerprint density at radius 3 is 2.65 bits per heavy atom. The van der Waals surface area contributed by atoms with Crippen LogP contribution in [0.15, 0.2) is 51.7 Å². The predicted molar refractivity (Wildman–Crippen MR) is 118 cm³/mol. The van der Waals surface area contributed by atoms with Crippen LogP contribution in [0.2, 0.25) is 5.02 Å². The Balaban J connectivity index is 1.64. The Kier molecular flexibility index (Phi) is 6.97. The first kappa shape index (κ1) is 22.4. The van der Waals surface area contributed by atoms with E-state index in [0.29, 0.717) is 27.6 Å². The van der Waals surface area contributed by atoms with E-state index in [2.05, 4.69) is 5.32 Å². The van der Waals surface area contributed by atoms with Crippen molar-refractivity contribution in [2.24, 2.45) is 0 Å². The van der Waals surface area contributed by atoms with Crippen LogP contribution >= 0.6 is 11.6 Å². The van der Waals surface area contributed by atoms with E-state index in [1.54, 1.807) is 49.4 Å². The van der Waals surface area contributed by atoms with Crippen LogP contribution in [0.5, 0.6) is 5.75 Å². The highest BCUT2D eigenvalue weighted by molar-refractivity contribution is 6.33. The molecule has 1 atom stereocenters. The zero-order valence-corrected chi connectivity index (χ0v) is 18.1. The van der Waals surface area contributed by atoms with E-state index in [-0.39, 0.29) is 12.8 Å². The third-order valence-electron chi connectivity index (χ3n) is 4.88. The summed E-state index contributed by atoms with van der Waals surface area (Å²) in [6, 6.07) is 12.0. The molecule has 162 valence electrons. The van der Waals surface area contributed by atoms with Gasteiger partial charge >= 0.3 is 11.6 Å². The molecule has 1 amide bonds. The van der Waals surface area contributed by atoms with Crippen LogP contribution in [0.3, 0.4) is 0 Å². The van der Waals surface area contributed by atoms with Crippen LogP contribution in [0.25, 0.3) is 11.0 Å². The van der Waals surface area contributed by atoms with Gasteiger partial charge in [-0.05, 0) is 50.1 Å². The highest BCUT2D eigenvalue weighted by Crippen LogP contribution is 2.24. The average Bonchev–Trinajstić information content (AvgIpc) is 2.74. The van der Waals surface area contributed by atoms with E-state index in [1.165, 1.54) is 14.0 Å². The summed E-state index contributed by atoms with van der Waals surface area (Å²) < 4.78 is 15.7. The number of anilines is 1. The molecule has 0 radical (unpaired) electrons. The van der Waals surface area contributed by atoms with Gasteiger partial charge in [-0.15, -0.1) is 0 Å². The van der Waals surface area contributed by atoms with Gasteiger partial charge in [-0.2, -0.15) is 0 Å². The topological polar surface area (TPSA) is 94.8 Å². The molecule has 7 nitrogen and oxygen atoms in total. The van der Waals surface area contributed by atoms with Crippen molar-refractivity contribution in [3.63, 3.8) is 0 Å². The number of esters is 1. The monoisotopic (exact) mass is 443 g/mol. The van der Waals surface area contributed by atoms with Gasteiger partial charge in [0, 0.05) is 23.4 Å². The minimum Gasteiger partial charge on any atom is -0.497 e. The van der Waals surface area contributed by atoms with E-state index in [9.17, 15) is 14.4 Å². The number of amides is 1. The van der Waals surface area contributed by atoms with Crippen molar-refractivity contribution in [3.05, 3.63) is 69.0 Å². The molecule has 1 N–H and O–H groups in total. The van der Waals surface area contributed by atoms with E-state index < -0.39 is 23.6 Å². The van der Waals surface area contributed by atoms with Gasteiger partial charge in [0.2, 0.25) is 0 Å². The number of fused-ring (bicyclic) bond motifs is 1. The first-order valence-electron chi connectivity index (χ1n) is 9.65. The quantitative estimate of drug-likeness (QED) is 0.433. The Labute approximate surface area is 183 Å². The Hall–Kier alpha value is -3.32. The predicted octanol–water partition coefficient (Wildman–Crippen LogP) is 4.27. The zero-order valence-electron chi connectivity index (χ0n) is 17.4. The summed E-state index contributed by atoms with van der Waals surface area (Å²) in [4.78, 5) is 36.9. The van der Waals surface area contributed by atoms with E-state index in [4.69, 9.17) is 25.5 Å². The fourth-order valence-electron chi connectivity index (χ4n) is 3.12. The Morgan fingerprint density at radius 2 is 1.94 bits per heavy atom. The molecule has 2 aromatic carbocycles. The van der Waals surface area contributed by atoms with E-state index in [1.807, 2.05) is 0 Å². The lowest BCUT2D eigenvalue weighted by Gasteiger charge is -2.14. The van der Waals surface area contributed by atoms with Crippen molar-refractivity contribution in [1.29, 1.82) is 0 Å². The molecule has 1 unspecified atom stereocenters. The lowest BCUT2D eigenvalue weighted by molar-refractivity contribution is -0.153. The molecule has 3 rings (SSSR count). The summed E-state index contributed by atoms with van der Waals surface area (Å²) in [5, 5.41) is 3.75. The maximum absolute atomic E-state index is 12.4. The fraction of sp³-hybridized carbons (Fsp3) is 0.261. The molecule has 0 saturated heterocycles. The van der Waals surface area contributed by atoms with Crippen LogP contribution in [-0.4, -0.2) is 25.1 Å². The van der Waals surface area contributed by atoms with Gasteiger partial charge < -0.3 is 19.2 Å². The third kappa shape index (κ3) is 5.24. The standard InChI is InChI=1S/C23H22ClNO6/c1-13-16-9-8-15(29-3)12-20(16)31-23(28)17(13)10-11-21(26)30-14(2)22(27)25-19-7-5-4-6-18(19)24/h4-9,12,14H,10-11H2,1-3H3,(H,25,27). The molecule has 8 heteroatoms. The molecular formula is C23H22ClNO6. The average molecular weight is 444 g/mol. The molecule has 0 spiro atoms. The largest absolute Gasteiger partial charge is 0.497 e. The molecule has 3 aromatic rings. The van der Waals surface area contributed by atoms with Gasteiger partial charge in [0.25, 0.3) is 5.91 Å². The summed E-state index contributed by atoms with van der Waals surface area (Å²) in [6.45, 7) is 3.26. The molecule has 0 fully saturated rings. The van der Waals surface area contributed by atoms with Gasteiger partial charge in [-0.1, -0.05) is 23.7 Å². The van der Waals surface area contributed by atoms with Gasteiger partial charge in [-0.3, -0.25) is 9.59 Å². The number of benzene rings is 2. The van der Waals surface area contributed by atoms with Crippen LogP contribution in [0, 0.1) is 6.92 Å². The number of hydrogen-bond acceptors (Lipinski definition) is 6. The Morgan fingerprint density at radius 1 is 1.19 bits per heavy atom. The van der Waals surface area contributed by atoms with Crippen LogP contribution in [-0.2, 0) is 20.7 Å². The van der Waals surface area contributed by atoms with Crippen molar-refractivity contribution in [3.8, 4) is 5.75 Å². The second-order valence-electron chi connectivity index (χ2n) is 6.96. The van der Waals surface area contributed by atoms with Crippen LogP contribution < -0.4 is 15.7 Å². The second kappa shape index (κ2) is 9.66. The highest BCUT2D eigenvalue weighted by Gasteiger charge is 2.20. The number of aryl methyl sites for hydroxylation is 1. The van der Waals surface area contributed by atoms with Gasteiger partial charge in [-0.25, -0.2) is 4.79 Å². The number of para-hydroxylation sites is 1. The molecule has 0 aliphatic rings. The van der Waals surface area contributed by atoms with Crippen molar-refractivity contribution in [1.82, 2.24) is 0 Å². The van der Waals surface area contributed by atoms with Crippen molar-refractivity contribution in [2.75, 3.05) is 12.4 Å². The van der Waals surface area contributed by atoms with Gasteiger partial charge in [0.15, 0.2) is 6.10 Å². The SMILES string of the molecule is COc1ccc2c(C)c(CCC(=O)OC(C)C(=O)Nc3ccccc3Cl)c(=O)oc2c1. The highest BCUT2D eigenvalue weighted by atomic mass is 35.5. The summed E-state index contributed by atoms with van der Waals surface area (Å²) in [6.07, 6.45) is -0.963. The number of halogens is 1. The summed E-state index contributed by atoms with van der Waals surface area (Å²) in [5.41, 5.74) is 1.45. The number of ether oxygens (including phenoxy) is 2. The first-order chi connectivity index (χ1) is 14.8. The summed E-state index contributed by atoms with van der Waals surface area (Å²) in [7, 11) is 1.53. The maximum atomic E-state index is 12.4. The smallest absolute Gasteiger partial charge is 0.339 e. The van der Waals surface area contributed by atoms with Crippen molar-refractivity contribution < 1.29 is 23.5 Å². The fourth-order valence-corrected chi connectivity index (χ4v) is 3.31. The molecule has 0 aliphatic heterocycles. The number of hydrogen-bond donors (Lipinski definition) is 1. The van der Waals surface area contributed by atoms with Gasteiger partial charge in [0.1, 0.15) is 11.3 Å². The van der Waals surface area contributed by atoms with E-state index in [0.717, 1.165) is 10.9 Å². The third-order valence-corrected chi connectivity index (χ3v) is 5.21. The van der Waals surface area contributed by atoms with E-state index >= 15 is 0 Å². The Bertz CT molecular complexity index is 1190. The number of methoxy groups -OCH3 is 1. The van der Waals surface area contributed by atoms with Crippen molar-refractivity contribution >= 4 is 40.1 Å². The first-order valence-corrected chi connectivity index (χ1v) is 10.0. The number of rotatable bonds is 7. The van der Waals surface area contributed by atoms with Gasteiger partial charge in [0.05, 0.1) is 17.8 Å². The minimum absolute atomic E-state index is 0.0724. The lowest BCUT2D eigenvalue weighted by Crippen LogP contribution is -2.30. The number of nitrogens with one attached hydrogen (secondary N) is 1. The maximum Gasteiger partial charge on any atom is 0.339 e. The zero-order chi connectivity index (χ0) is 22.5. The number of carbonyl (C=O) groups is 2. The summed E-state index contributed by atoms with van der Waals surface area (Å²) in [5.74, 6) is -0.525. The molecule has 1 heterocycles. The van der Waals surface area contributed by atoms with Crippen LogP contribution in [0.4, 0.5) is 5.69 Å². The van der Waals surface area contributed by atoms with Crippen LogP contribution in [0.1, 0.15) is 24.5 Å². The molecule has 1 aromatic heterocycles. The van der Waals surface area contributed by atoms with Crippen molar-refractivity contribution in [2.45, 2.75) is 32.8 Å². The number of carbonyl (C=O) groups excluding carboxylic acids is 2. The molecule has 31 heavy (non-hydrogen) atoms. The lowest BCUT2D eigenvalue weighted by atomic mass is 10.0. The molecule has 0 aliphatic carbocycles. The summed E-state index contributed by atoms with van der Waals surface area (Å²) >= 11 is 6.02. The normalized spacial score (nSPS) is 11.7. The molecule has 0 bridgehead atoms. The minimum atomic E-state index is -1.02.